The Morgan fingerprint density at radius 2 is 1.92 bits per heavy atom. The second-order valence-corrected chi connectivity index (χ2v) is 5.64. The third-order valence-electron chi connectivity index (χ3n) is 3.85. The molecule has 0 radical (unpaired) electrons. The van der Waals surface area contributed by atoms with E-state index >= 15 is 0 Å². The number of rotatable bonds is 6. The van der Waals surface area contributed by atoms with Gasteiger partial charge in [0.1, 0.15) is 11.4 Å². The number of nitrogens with zero attached hydrogens (tertiary/aromatic N) is 2. The van der Waals surface area contributed by atoms with Crippen LogP contribution in [-0.4, -0.2) is 28.9 Å². The standard InChI is InChI=1S/C20H20N4O2/c1-3-26-17-11-9-16(10-12-17)18-14(2)19(23-22-18)20(25)24-21-13-15-7-5-4-6-8-15/h4-13H,3H2,1-2H3,(H,22,23)(H,24,25)/b21-13-. The first-order valence-electron chi connectivity index (χ1n) is 8.35. The van der Waals surface area contributed by atoms with Crippen molar-refractivity contribution in [1.29, 1.82) is 0 Å². The van der Waals surface area contributed by atoms with Gasteiger partial charge in [0, 0.05) is 11.1 Å². The minimum Gasteiger partial charge on any atom is -0.494 e. The SMILES string of the molecule is CCOc1ccc(-c2n[nH]c(C(=O)N/N=C\c3ccccc3)c2C)cc1. The lowest BCUT2D eigenvalue weighted by atomic mass is 10.1. The largest absolute Gasteiger partial charge is 0.494 e. The molecule has 0 aliphatic carbocycles. The summed E-state index contributed by atoms with van der Waals surface area (Å²) >= 11 is 0. The normalized spacial score (nSPS) is 10.8. The van der Waals surface area contributed by atoms with Crippen molar-refractivity contribution in [3.8, 4) is 17.0 Å². The Kier molecular flexibility index (Phi) is 5.43. The van der Waals surface area contributed by atoms with Crippen molar-refractivity contribution in [1.82, 2.24) is 15.6 Å². The number of H-pyrrole nitrogens is 1. The average Bonchev–Trinajstić information content (AvgIpc) is 3.05. The smallest absolute Gasteiger partial charge is 0.289 e. The number of aromatic amines is 1. The minimum absolute atomic E-state index is 0.334. The fourth-order valence-electron chi connectivity index (χ4n) is 2.54. The molecular formula is C20H20N4O2. The second kappa shape index (κ2) is 8.11. The molecular weight excluding hydrogens is 328 g/mol. The van der Waals surface area contributed by atoms with Gasteiger partial charge in [-0.15, -0.1) is 0 Å². The van der Waals surface area contributed by atoms with Gasteiger partial charge < -0.3 is 4.74 Å². The molecule has 6 nitrogen and oxygen atoms in total. The first-order chi connectivity index (χ1) is 12.7. The van der Waals surface area contributed by atoms with E-state index in [0.717, 1.165) is 28.1 Å². The third-order valence-corrected chi connectivity index (χ3v) is 3.85. The summed E-state index contributed by atoms with van der Waals surface area (Å²) in [5.74, 6) is 0.469. The number of hydrazone groups is 1. The molecule has 1 aromatic heterocycles. The van der Waals surface area contributed by atoms with Gasteiger partial charge in [0.05, 0.1) is 18.5 Å². The van der Waals surface area contributed by atoms with E-state index < -0.39 is 0 Å². The van der Waals surface area contributed by atoms with Gasteiger partial charge in [-0.3, -0.25) is 9.89 Å². The molecule has 26 heavy (non-hydrogen) atoms. The molecule has 0 bridgehead atoms. The number of carbonyl (C=O) groups is 1. The van der Waals surface area contributed by atoms with E-state index in [4.69, 9.17) is 4.74 Å². The summed E-state index contributed by atoms with van der Waals surface area (Å²) in [5.41, 5.74) is 6.22. The van der Waals surface area contributed by atoms with Crippen molar-refractivity contribution < 1.29 is 9.53 Å². The number of amides is 1. The zero-order chi connectivity index (χ0) is 18.4. The van der Waals surface area contributed by atoms with Gasteiger partial charge in [0.15, 0.2) is 0 Å². The lowest BCUT2D eigenvalue weighted by Gasteiger charge is -2.04. The highest BCUT2D eigenvalue weighted by Crippen LogP contribution is 2.25. The van der Waals surface area contributed by atoms with Crippen LogP contribution in [0.3, 0.4) is 0 Å². The van der Waals surface area contributed by atoms with Crippen LogP contribution in [0.25, 0.3) is 11.3 Å². The number of hydrogen-bond donors (Lipinski definition) is 2. The van der Waals surface area contributed by atoms with E-state index in [2.05, 4.69) is 20.7 Å². The minimum atomic E-state index is -0.334. The van der Waals surface area contributed by atoms with Crippen LogP contribution >= 0.6 is 0 Å². The lowest BCUT2D eigenvalue weighted by Crippen LogP contribution is -2.19. The summed E-state index contributed by atoms with van der Waals surface area (Å²) in [7, 11) is 0. The molecule has 2 N–H and O–H groups in total. The van der Waals surface area contributed by atoms with Crippen LogP contribution in [0.2, 0.25) is 0 Å². The van der Waals surface area contributed by atoms with Gasteiger partial charge in [-0.25, -0.2) is 5.43 Å². The van der Waals surface area contributed by atoms with E-state index in [1.54, 1.807) is 6.21 Å². The zero-order valence-electron chi connectivity index (χ0n) is 14.7. The summed E-state index contributed by atoms with van der Waals surface area (Å²) in [6.07, 6.45) is 1.59. The number of ether oxygens (including phenoxy) is 1. The summed E-state index contributed by atoms with van der Waals surface area (Å²) < 4.78 is 5.44. The van der Waals surface area contributed by atoms with Crippen LogP contribution in [-0.2, 0) is 0 Å². The molecule has 3 rings (SSSR count). The highest BCUT2D eigenvalue weighted by molar-refractivity contribution is 5.95. The topological polar surface area (TPSA) is 79.4 Å². The average molecular weight is 348 g/mol. The predicted octanol–water partition coefficient (Wildman–Crippen LogP) is 3.55. The fraction of sp³-hybridized carbons (Fsp3) is 0.150. The summed E-state index contributed by atoms with van der Waals surface area (Å²) in [5, 5.41) is 11.0. The van der Waals surface area contributed by atoms with Crippen LogP contribution < -0.4 is 10.2 Å². The Morgan fingerprint density at radius 1 is 1.19 bits per heavy atom. The van der Waals surface area contributed by atoms with E-state index in [-0.39, 0.29) is 5.91 Å². The highest BCUT2D eigenvalue weighted by Gasteiger charge is 2.16. The quantitative estimate of drug-likeness (QED) is 0.528. The third kappa shape index (κ3) is 3.97. The van der Waals surface area contributed by atoms with E-state index in [1.165, 1.54) is 0 Å². The Morgan fingerprint density at radius 3 is 2.62 bits per heavy atom. The second-order valence-electron chi connectivity index (χ2n) is 5.64. The Balaban J connectivity index is 1.71. The number of nitrogens with one attached hydrogen (secondary N) is 2. The van der Waals surface area contributed by atoms with Gasteiger partial charge in [-0.1, -0.05) is 30.3 Å². The molecule has 0 saturated heterocycles. The summed E-state index contributed by atoms with van der Waals surface area (Å²) in [6.45, 7) is 4.41. The summed E-state index contributed by atoms with van der Waals surface area (Å²) in [6, 6.07) is 17.2. The van der Waals surface area contributed by atoms with Crippen molar-refractivity contribution in [3.63, 3.8) is 0 Å². The maximum absolute atomic E-state index is 12.3. The van der Waals surface area contributed by atoms with Gasteiger partial charge >= 0.3 is 0 Å². The Bertz CT molecular complexity index is 899. The first kappa shape index (κ1) is 17.4. The van der Waals surface area contributed by atoms with Crippen molar-refractivity contribution in [2.75, 3.05) is 6.61 Å². The van der Waals surface area contributed by atoms with Gasteiger partial charge in [-0.05, 0) is 43.7 Å². The molecule has 3 aromatic rings. The molecule has 0 spiro atoms. The van der Waals surface area contributed by atoms with Gasteiger partial charge in [0.25, 0.3) is 5.91 Å². The molecule has 1 heterocycles. The number of hydrogen-bond acceptors (Lipinski definition) is 4. The van der Waals surface area contributed by atoms with Crippen LogP contribution in [0.4, 0.5) is 0 Å². The van der Waals surface area contributed by atoms with Gasteiger partial charge in [-0.2, -0.15) is 10.2 Å². The van der Waals surface area contributed by atoms with Crippen molar-refractivity contribution in [2.45, 2.75) is 13.8 Å². The fourth-order valence-corrected chi connectivity index (χ4v) is 2.54. The van der Waals surface area contributed by atoms with Crippen LogP contribution in [0.15, 0.2) is 59.7 Å². The van der Waals surface area contributed by atoms with Gasteiger partial charge in [0.2, 0.25) is 0 Å². The van der Waals surface area contributed by atoms with E-state index in [0.29, 0.717) is 12.3 Å². The molecule has 0 fully saturated rings. The maximum atomic E-state index is 12.3. The number of benzene rings is 2. The maximum Gasteiger partial charge on any atom is 0.289 e. The first-order valence-corrected chi connectivity index (χ1v) is 8.35. The van der Waals surface area contributed by atoms with E-state index in [9.17, 15) is 4.79 Å². The van der Waals surface area contributed by atoms with Crippen molar-refractivity contribution in [3.05, 3.63) is 71.4 Å². The van der Waals surface area contributed by atoms with Crippen LogP contribution in [0.5, 0.6) is 5.75 Å². The predicted molar refractivity (Wildman–Crippen MR) is 101 cm³/mol. The van der Waals surface area contributed by atoms with E-state index in [1.807, 2.05) is 68.4 Å². The number of carbonyl (C=O) groups excluding carboxylic acids is 1. The van der Waals surface area contributed by atoms with Crippen LogP contribution in [0, 0.1) is 6.92 Å². The molecule has 6 heteroatoms. The lowest BCUT2D eigenvalue weighted by molar-refractivity contribution is 0.0949. The molecule has 1 amide bonds. The molecule has 0 saturated carbocycles. The molecule has 0 aliphatic rings. The van der Waals surface area contributed by atoms with Crippen molar-refractivity contribution >= 4 is 12.1 Å². The Labute approximate surface area is 151 Å². The Hall–Kier alpha value is -3.41. The molecule has 0 unspecified atom stereocenters. The molecule has 0 aliphatic heterocycles. The van der Waals surface area contributed by atoms with Crippen molar-refractivity contribution in [2.24, 2.45) is 5.10 Å². The molecule has 2 aromatic carbocycles. The zero-order valence-corrected chi connectivity index (χ0v) is 14.7. The summed E-state index contributed by atoms with van der Waals surface area (Å²) in [4.78, 5) is 12.3. The monoisotopic (exact) mass is 348 g/mol. The number of aromatic nitrogens is 2. The van der Waals surface area contributed by atoms with Crippen LogP contribution in [0.1, 0.15) is 28.5 Å². The highest BCUT2D eigenvalue weighted by atomic mass is 16.5. The molecule has 132 valence electrons. The molecule has 0 atom stereocenters.